The average Bonchev–Trinajstić information content (AvgIpc) is 2.74. The smallest absolute Gasteiger partial charge is 0.225 e. The molecule has 1 saturated carbocycles. The van der Waals surface area contributed by atoms with Gasteiger partial charge < -0.3 is 29.0 Å². The molecule has 0 spiro atoms. The molecule has 208 valence electrons. The van der Waals surface area contributed by atoms with Gasteiger partial charge in [-0.25, -0.2) is 0 Å². The van der Waals surface area contributed by atoms with E-state index in [0.29, 0.717) is 12.8 Å². The molecule has 0 radical (unpaired) electrons. The van der Waals surface area contributed by atoms with Crippen LogP contribution in [-0.2, 0) is 38.1 Å². The highest BCUT2D eigenvalue weighted by Gasteiger charge is 2.42. The fourth-order valence-electron chi connectivity index (χ4n) is 3.72. The van der Waals surface area contributed by atoms with Crippen LogP contribution in [0.15, 0.2) is 0 Å². The van der Waals surface area contributed by atoms with Crippen LogP contribution in [0, 0.1) is 0 Å². The number of Topliss-reactive ketones (excluding diaryl/α,β-unsaturated/α-hetero) is 3. The van der Waals surface area contributed by atoms with Gasteiger partial charge in [0.25, 0.3) is 0 Å². The Hall–Kier alpha value is -1.72. The first-order chi connectivity index (χ1) is 16.8. The molecule has 10 heteroatoms. The third-order valence-corrected chi connectivity index (χ3v) is 6.13. The third kappa shape index (κ3) is 12.5. The summed E-state index contributed by atoms with van der Waals surface area (Å²) >= 11 is 0. The van der Waals surface area contributed by atoms with Crippen LogP contribution in [-0.4, -0.2) is 103 Å². The second kappa shape index (κ2) is 15.5. The number of carbonyl (C=O) groups is 4. The van der Waals surface area contributed by atoms with Crippen molar-refractivity contribution in [3.63, 3.8) is 0 Å². The number of carbonyl (C=O) groups excluding carboxylic acids is 4. The standard InChI is InChI=1S/C26H45NO9/c1-19(28)7-10-33-16-26(17-34-11-8-20(2)29,18-35-12-9-21(3)30)27(6)24(32)15-25(4,5)36-23-13-22(31)14-23/h22-23,31H,7-18H2,1-6H3. The van der Waals surface area contributed by atoms with Gasteiger partial charge in [-0.2, -0.15) is 0 Å². The predicted octanol–water partition coefficient (Wildman–Crippen LogP) is 1.88. The molecule has 1 aliphatic carbocycles. The largest absolute Gasteiger partial charge is 0.393 e. The first-order valence-corrected chi connectivity index (χ1v) is 12.6. The van der Waals surface area contributed by atoms with Gasteiger partial charge in [0.1, 0.15) is 22.9 Å². The highest BCUT2D eigenvalue weighted by molar-refractivity contribution is 5.78. The minimum atomic E-state index is -1.05. The average molecular weight is 516 g/mol. The van der Waals surface area contributed by atoms with E-state index < -0.39 is 11.1 Å². The van der Waals surface area contributed by atoms with Crippen LogP contribution in [0.5, 0.6) is 0 Å². The van der Waals surface area contributed by atoms with Crippen LogP contribution in [0.1, 0.15) is 73.1 Å². The zero-order valence-electron chi connectivity index (χ0n) is 22.8. The van der Waals surface area contributed by atoms with Crippen molar-refractivity contribution in [3.8, 4) is 0 Å². The summed E-state index contributed by atoms with van der Waals surface area (Å²) in [5.74, 6) is -0.262. The molecule has 1 fully saturated rings. The van der Waals surface area contributed by atoms with E-state index in [-0.39, 0.29) is 101 Å². The number of hydrogen-bond donors (Lipinski definition) is 1. The monoisotopic (exact) mass is 515 g/mol. The number of amides is 1. The summed E-state index contributed by atoms with van der Waals surface area (Å²) in [6, 6.07) is 0. The summed E-state index contributed by atoms with van der Waals surface area (Å²) in [7, 11) is 1.64. The minimum absolute atomic E-state index is 0.0135. The lowest BCUT2D eigenvalue weighted by Gasteiger charge is -2.43. The maximum absolute atomic E-state index is 13.4. The first-order valence-electron chi connectivity index (χ1n) is 12.6. The Kier molecular flexibility index (Phi) is 13.9. The fourth-order valence-corrected chi connectivity index (χ4v) is 3.72. The van der Waals surface area contributed by atoms with Gasteiger partial charge >= 0.3 is 0 Å². The van der Waals surface area contributed by atoms with Gasteiger partial charge in [-0.15, -0.1) is 0 Å². The Morgan fingerprint density at radius 1 is 0.806 bits per heavy atom. The summed E-state index contributed by atoms with van der Waals surface area (Å²) < 4.78 is 23.4. The summed E-state index contributed by atoms with van der Waals surface area (Å²) in [5, 5.41) is 9.54. The van der Waals surface area contributed by atoms with E-state index in [4.69, 9.17) is 18.9 Å². The number of hydrogen-bond acceptors (Lipinski definition) is 9. The molecule has 1 amide bonds. The number of nitrogens with zero attached hydrogens (tertiary/aromatic N) is 1. The molecular weight excluding hydrogens is 470 g/mol. The second-order valence-electron chi connectivity index (χ2n) is 10.5. The Morgan fingerprint density at radius 3 is 1.53 bits per heavy atom. The van der Waals surface area contributed by atoms with Gasteiger partial charge in [0.05, 0.1) is 63.9 Å². The zero-order chi connectivity index (χ0) is 27.4. The highest BCUT2D eigenvalue weighted by Crippen LogP contribution is 2.30. The number of likely N-dealkylation sites (N-methyl/N-ethyl adjacent to an activating group) is 1. The number of ketones is 3. The van der Waals surface area contributed by atoms with Crippen molar-refractivity contribution < 1.29 is 43.2 Å². The van der Waals surface area contributed by atoms with Crippen LogP contribution in [0.2, 0.25) is 0 Å². The quantitative estimate of drug-likeness (QED) is 0.242. The SMILES string of the molecule is CC(=O)CCOCC(COCCC(C)=O)(COCCC(C)=O)N(C)C(=O)CC(C)(C)OC1CC(O)C1. The van der Waals surface area contributed by atoms with Crippen molar-refractivity contribution in [1.29, 1.82) is 0 Å². The molecule has 0 bridgehead atoms. The van der Waals surface area contributed by atoms with Gasteiger partial charge in [0.15, 0.2) is 0 Å². The molecule has 10 nitrogen and oxygen atoms in total. The van der Waals surface area contributed by atoms with Crippen molar-refractivity contribution in [1.82, 2.24) is 4.90 Å². The predicted molar refractivity (Wildman–Crippen MR) is 133 cm³/mol. The van der Waals surface area contributed by atoms with Crippen molar-refractivity contribution in [2.75, 3.05) is 46.7 Å². The van der Waals surface area contributed by atoms with Gasteiger partial charge in [-0.05, 0) is 47.5 Å². The van der Waals surface area contributed by atoms with E-state index in [2.05, 4.69) is 0 Å². The number of ether oxygens (including phenoxy) is 4. The Bertz CT molecular complexity index is 676. The molecule has 1 aliphatic rings. The van der Waals surface area contributed by atoms with E-state index in [0.717, 1.165) is 0 Å². The summed E-state index contributed by atoms with van der Waals surface area (Å²) in [4.78, 5) is 49.1. The van der Waals surface area contributed by atoms with Gasteiger partial charge in [0, 0.05) is 26.3 Å². The topological polar surface area (TPSA) is 129 Å². The number of rotatable bonds is 20. The first kappa shape index (κ1) is 32.3. The molecule has 1 rings (SSSR count). The normalized spacial score (nSPS) is 18.0. The molecule has 0 unspecified atom stereocenters. The fraction of sp³-hybridized carbons (Fsp3) is 0.846. The van der Waals surface area contributed by atoms with E-state index in [1.165, 1.54) is 25.7 Å². The molecule has 0 saturated heterocycles. The van der Waals surface area contributed by atoms with Crippen LogP contribution in [0.3, 0.4) is 0 Å². The summed E-state index contributed by atoms with van der Waals surface area (Å²) in [5.41, 5.74) is -1.81. The van der Waals surface area contributed by atoms with Crippen molar-refractivity contribution >= 4 is 23.3 Å². The molecular formula is C26H45NO9. The second-order valence-corrected chi connectivity index (χ2v) is 10.5. The van der Waals surface area contributed by atoms with Gasteiger partial charge in [-0.3, -0.25) is 19.2 Å². The van der Waals surface area contributed by atoms with E-state index >= 15 is 0 Å². The summed E-state index contributed by atoms with van der Waals surface area (Å²) in [6.45, 7) is 8.76. The molecule has 0 aromatic carbocycles. The van der Waals surface area contributed by atoms with Gasteiger partial charge in [0.2, 0.25) is 5.91 Å². The van der Waals surface area contributed by atoms with Crippen LogP contribution < -0.4 is 0 Å². The van der Waals surface area contributed by atoms with Crippen molar-refractivity contribution in [2.24, 2.45) is 0 Å². The Balaban J connectivity index is 3.00. The lowest BCUT2D eigenvalue weighted by Crippen LogP contribution is -2.60. The molecule has 0 aromatic rings. The number of aliphatic hydroxyl groups excluding tert-OH is 1. The zero-order valence-corrected chi connectivity index (χ0v) is 22.8. The molecule has 36 heavy (non-hydrogen) atoms. The Labute approximate surface area is 215 Å². The molecule has 0 heterocycles. The van der Waals surface area contributed by atoms with Gasteiger partial charge in [-0.1, -0.05) is 0 Å². The Morgan fingerprint density at radius 2 is 1.19 bits per heavy atom. The van der Waals surface area contributed by atoms with E-state index in [1.807, 2.05) is 13.8 Å². The lowest BCUT2D eigenvalue weighted by molar-refractivity contribution is -0.167. The third-order valence-electron chi connectivity index (χ3n) is 6.13. The molecule has 0 aliphatic heterocycles. The maximum Gasteiger partial charge on any atom is 0.225 e. The maximum atomic E-state index is 13.4. The lowest BCUT2D eigenvalue weighted by atomic mass is 9.90. The molecule has 1 N–H and O–H groups in total. The minimum Gasteiger partial charge on any atom is -0.393 e. The van der Waals surface area contributed by atoms with Crippen LogP contribution in [0.25, 0.3) is 0 Å². The number of aliphatic hydroxyl groups is 1. The van der Waals surface area contributed by atoms with E-state index in [1.54, 1.807) is 7.05 Å². The van der Waals surface area contributed by atoms with Crippen LogP contribution in [0.4, 0.5) is 0 Å². The van der Waals surface area contributed by atoms with Crippen LogP contribution >= 0.6 is 0 Å². The van der Waals surface area contributed by atoms with Crippen molar-refractivity contribution in [3.05, 3.63) is 0 Å². The summed E-state index contributed by atoms with van der Waals surface area (Å²) in [6.07, 6.45) is 1.44. The van der Waals surface area contributed by atoms with E-state index in [9.17, 15) is 24.3 Å². The van der Waals surface area contributed by atoms with Crippen molar-refractivity contribution in [2.45, 2.75) is 96.5 Å². The molecule has 0 atom stereocenters. The molecule has 0 aromatic heterocycles. The highest BCUT2D eigenvalue weighted by atomic mass is 16.5.